The fourth-order valence-electron chi connectivity index (χ4n) is 4.61. The minimum Gasteiger partial charge on any atom is -0.415 e. The fraction of sp³-hybridized carbons (Fsp3) is 0.966. The molecule has 0 aromatic carbocycles. The van der Waals surface area contributed by atoms with Gasteiger partial charge < -0.3 is 19.2 Å². The van der Waals surface area contributed by atoms with Crippen molar-refractivity contribution in [2.75, 3.05) is 6.61 Å². The number of carbonyl (C=O) groups excluding carboxylic acids is 1. The van der Waals surface area contributed by atoms with Crippen LogP contribution in [0.5, 0.6) is 0 Å². The number of unbranched alkanes of at least 4 members (excludes halogenated alkanes) is 11. The molecule has 0 unspecified atom stereocenters. The first-order chi connectivity index (χ1) is 16.3. The van der Waals surface area contributed by atoms with E-state index in [1.165, 1.54) is 70.6 Å². The maximum atomic E-state index is 12.0. The second-order valence-corrected chi connectivity index (χ2v) is 17.5. The van der Waals surface area contributed by atoms with Gasteiger partial charge in [0.25, 0.3) is 0 Å². The summed E-state index contributed by atoms with van der Waals surface area (Å²) in [6, 6.07) is -0.203. The molecule has 208 valence electrons. The Morgan fingerprint density at radius 3 is 1.86 bits per heavy atom. The van der Waals surface area contributed by atoms with Crippen molar-refractivity contribution in [2.24, 2.45) is 0 Å². The Kier molecular flexibility index (Phi) is 14.7. The SMILES string of the molecule is CCCCCCCCCCCCCC[C@H]1OC(C)(C)O[C@H]1[C@H](CO[Si](C)(C)C(C)(C)C)NC(C)=O. The summed E-state index contributed by atoms with van der Waals surface area (Å²) in [5.41, 5.74) is 0. The average Bonchev–Trinajstić information content (AvgIpc) is 3.05. The smallest absolute Gasteiger partial charge is 0.217 e. The van der Waals surface area contributed by atoms with Crippen LogP contribution in [0.2, 0.25) is 18.1 Å². The van der Waals surface area contributed by atoms with E-state index in [1.54, 1.807) is 6.92 Å². The number of rotatable bonds is 18. The van der Waals surface area contributed by atoms with Crippen LogP contribution in [0.1, 0.15) is 132 Å². The Labute approximate surface area is 219 Å². The predicted molar refractivity (Wildman–Crippen MR) is 150 cm³/mol. The van der Waals surface area contributed by atoms with Crippen LogP contribution in [0.15, 0.2) is 0 Å². The van der Waals surface area contributed by atoms with Crippen molar-refractivity contribution in [3.8, 4) is 0 Å². The third-order valence-corrected chi connectivity index (χ3v) is 12.3. The number of ether oxygens (including phenoxy) is 2. The molecular formula is C29H59NO4Si. The van der Waals surface area contributed by atoms with Crippen molar-refractivity contribution in [3.05, 3.63) is 0 Å². The quantitative estimate of drug-likeness (QED) is 0.148. The summed E-state index contributed by atoms with van der Waals surface area (Å²) in [6.45, 7) is 19.5. The van der Waals surface area contributed by atoms with E-state index in [1.807, 2.05) is 13.8 Å². The zero-order valence-electron chi connectivity index (χ0n) is 24.8. The molecule has 1 aliphatic rings. The highest BCUT2D eigenvalue weighted by atomic mass is 28.4. The van der Waals surface area contributed by atoms with Crippen LogP contribution in [0.3, 0.4) is 0 Å². The van der Waals surface area contributed by atoms with Gasteiger partial charge >= 0.3 is 0 Å². The van der Waals surface area contributed by atoms with E-state index in [-0.39, 0.29) is 29.2 Å². The first-order valence-corrected chi connectivity index (χ1v) is 17.5. The predicted octanol–water partition coefficient (Wildman–Crippen LogP) is 8.12. The minimum absolute atomic E-state index is 0.0204. The molecule has 5 nitrogen and oxygen atoms in total. The molecule has 35 heavy (non-hydrogen) atoms. The summed E-state index contributed by atoms with van der Waals surface area (Å²) in [5.74, 6) is -0.689. The highest BCUT2D eigenvalue weighted by Gasteiger charge is 2.46. The summed E-state index contributed by atoms with van der Waals surface area (Å²) in [5, 5.41) is 3.23. The summed E-state index contributed by atoms with van der Waals surface area (Å²) in [7, 11) is -1.93. The molecule has 1 heterocycles. The van der Waals surface area contributed by atoms with Crippen molar-refractivity contribution < 1.29 is 18.7 Å². The number of hydrogen-bond donors (Lipinski definition) is 1. The van der Waals surface area contributed by atoms with Gasteiger partial charge in [-0.25, -0.2) is 0 Å². The molecule has 1 N–H and O–H groups in total. The molecule has 1 fully saturated rings. The van der Waals surface area contributed by atoms with E-state index in [9.17, 15) is 4.79 Å². The van der Waals surface area contributed by atoms with E-state index in [4.69, 9.17) is 13.9 Å². The normalized spacial score (nSPS) is 21.3. The number of carbonyl (C=O) groups is 1. The van der Waals surface area contributed by atoms with Crippen LogP contribution in [-0.2, 0) is 18.7 Å². The van der Waals surface area contributed by atoms with E-state index >= 15 is 0 Å². The molecule has 0 aromatic rings. The highest BCUT2D eigenvalue weighted by molar-refractivity contribution is 6.74. The average molecular weight is 514 g/mol. The lowest BCUT2D eigenvalue weighted by atomic mass is 9.99. The summed E-state index contributed by atoms with van der Waals surface area (Å²) >= 11 is 0. The Morgan fingerprint density at radius 1 is 0.914 bits per heavy atom. The lowest BCUT2D eigenvalue weighted by Crippen LogP contribution is -2.53. The van der Waals surface area contributed by atoms with Crippen LogP contribution in [0.25, 0.3) is 0 Å². The maximum Gasteiger partial charge on any atom is 0.217 e. The lowest BCUT2D eigenvalue weighted by molar-refractivity contribution is -0.150. The Hall–Kier alpha value is -0.433. The molecule has 1 aliphatic heterocycles. The van der Waals surface area contributed by atoms with Gasteiger partial charge in [0.15, 0.2) is 14.1 Å². The molecule has 0 saturated carbocycles. The van der Waals surface area contributed by atoms with Crippen LogP contribution in [0, 0.1) is 0 Å². The second-order valence-electron chi connectivity index (χ2n) is 12.7. The van der Waals surface area contributed by atoms with Crippen LogP contribution in [-0.4, -0.2) is 44.9 Å². The van der Waals surface area contributed by atoms with E-state index < -0.39 is 14.1 Å². The van der Waals surface area contributed by atoms with Gasteiger partial charge in [-0.05, 0) is 38.4 Å². The standard InChI is InChI=1S/C29H59NO4Si/c1-10-11-12-13-14-15-16-17-18-19-20-21-22-26-27(34-29(6,7)33-26)25(30-24(2)31)23-32-35(8,9)28(3,4)5/h25-27H,10-23H2,1-9H3,(H,30,31)/t25-,26+,27-/m0/s1. The maximum absolute atomic E-state index is 12.0. The van der Waals surface area contributed by atoms with Gasteiger partial charge in [0.2, 0.25) is 5.91 Å². The van der Waals surface area contributed by atoms with Crippen LogP contribution < -0.4 is 5.32 Å². The number of hydrogen-bond acceptors (Lipinski definition) is 4. The molecule has 0 radical (unpaired) electrons. The molecule has 1 rings (SSSR count). The monoisotopic (exact) mass is 513 g/mol. The highest BCUT2D eigenvalue weighted by Crippen LogP contribution is 2.38. The summed E-state index contributed by atoms with van der Waals surface area (Å²) in [4.78, 5) is 12.0. The van der Waals surface area contributed by atoms with Gasteiger partial charge in [-0.1, -0.05) is 105 Å². The van der Waals surface area contributed by atoms with Crippen molar-refractivity contribution in [3.63, 3.8) is 0 Å². The molecule has 0 aliphatic carbocycles. The van der Waals surface area contributed by atoms with Gasteiger partial charge in [0.05, 0.1) is 18.8 Å². The molecule has 1 amide bonds. The van der Waals surface area contributed by atoms with Crippen molar-refractivity contribution in [2.45, 2.75) is 174 Å². The van der Waals surface area contributed by atoms with Gasteiger partial charge in [-0.2, -0.15) is 0 Å². The second kappa shape index (κ2) is 15.7. The topological polar surface area (TPSA) is 56.8 Å². The lowest BCUT2D eigenvalue weighted by Gasteiger charge is -2.38. The van der Waals surface area contributed by atoms with Gasteiger partial charge in [0.1, 0.15) is 6.10 Å². The molecule has 3 atom stereocenters. The van der Waals surface area contributed by atoms with E-state index in [2.05, 4.69) is 46.1 Å². The summed E-state index contributed by atoms with van der Waals surface area (Å²) in [6.07, 6.45) is 16.8. The first kappa shape index (κ1) is 32.6. The molecule has 0 spiro atoms. The summed E-state index contributed by atoms with van der Waals surface area (Å²) < 4.78 is 19.1. The zero-order chi connectivity index (χ0) is 26.5. The molecule has 0 bridgehead atoms. The zero-order valence-corrected chi connectivity index (χ0v) is 25.8. The van der Waals surface area contributed by atoms with Gasteiger partial charge in [0, 0.05) is 6.92 Å². The van der Waals surface area contributed by atoms with Crippen LogP contribution >= 0.6 is 0 Å². The van der Waals surface area contributed by atoms with Crippen LogP contribution in [0.4, 0.5) is 0 Å². The van der Waals surface area contributed by atoms with E-state index in [0.29, 0.717) is 6.61 Å². The van der Waals surface area contributed by atoms with Crippen molar-refractivity contribution in [1.82, 2.24) is 5.32 Å². The van der Waals surface area contributed by atoms with Gasteiger partial charge in [-0.3, -0.25) is 4.79 Å². The largest absolute Gasteiger partial charge is 0.415 e. The van der Waals surface area contributed by atoms with Crippen molar-refractivity contribution in [1.29, 1.82) is 0 Å². The first-order valence-electron chi connectivity index (χ1n) is 14.6. The number of nitrogens with one attached hydrogen (secondary N) is 1. The van der Waals surface area contributed by atoms with Gasteiger partial charge in [-0.15, -0.1) is 0 Å². The Morgan fingerprint density at radius 2 is 1.40 bits per heavy atom. The molecule has 0 aromatic heterocycles. The third-order valence-electron chi connectivity index (χ3n) is 7.78. The number of amides is 1. The molecule has 6 heteroatoms. The van der Waals surface area contributed by atoms with E-state index in [0.717, 1.165) is 12.8 Å². The Balaban J connectivity index is 2.48. The third kappa shape index (κ3) is 13.1. The fourth-order valence-corrected chi connectivity index (χ4v) is 5.64. The van der Waals surface area contributed by atoms with Crippen molar-refractivity contribution >= 4 is 14.2 Å². The Bertz CT molecular complexity index is 588. The minimum atomic E-state index is -1.93. The molecule has 1 saturated heterocycles. The molecular weight excluding hydrogens is 454 g/mol.